The summed E-state index contributed by atoms with van der Waals surface area (Å²) in [7, 11) is 1.16. The van der Waals surface area contributed by atoms with Gasteiger partial charge in [0.05, 0.1) is 13.2 Å². The number of rotatable bonds is 6. The summed E-state index contributed by atoms with van der Waals surface area (Å²) in [5, 5.41) is 9.78. The first-order valence-corrected chi connectivity index (χ1v) is 11.0. The first kappa shape index (κ1) is 21.0. The highest BCUT2D eigenvalue weighted by Crippen LogP contribution is 2.41. The van der Waals surface area contributed by atoms with Crippen molar-refractivity contribution >= 4 is 8.32 Å². The molecule has 1 fully saturated rings. The fraction of sp³-hybridized carbons (Fsp3) is 1.00. The molecule has 7 heteroatoms. The van der Waals surface area contributed by atoms with E-state index in [9.17, 15) is 5.11 Å². The Balaban J connectivity index is 2.91. The van der Waals surface area contributed by atoms with Crippen LogP contribution in [0, 0.1) is 0 Å². The molecule has 0 unspecified atom stereocenters. The lowest BCUT2D eigenvalue weighted by Gasteiger charge is -2.52. The second kappa shape index (κ2) is 7.07. The van der Waals surface area contributed by atoms with E-state index in [-0.39, 0.29) is 11.6 Å². The molecule has 0 aromatic carbocycles. The maximum Gasteiger partial charge on any atom is 0.220 e. The van der Waals surface area contributed by atoms with Gasteiger partial charge < -0.3 is 28.5 Å². The molecule has 1 saturated heterocycles. The highest BCUT2D eigenvalue weighted by molar-refractivity contribution is 6.74. The summed E-state index contributed by atoms with van der Waals surface area (Å²) < 4.78 is 29.3. The Morgan fingerprint density at radius 1 is 1.00 bits per heavy atom. The van der Waals surface area contributed by atoms with Crippen LogP contribution >= 0.6 is 0 Å². The molecule has 1 heterocycles. The standard InChI is InChI=1S/C16H34O6Si/c1-14(2,3)23(8,9)20-11-13-12(10-17)21-15(4,18-6)16(5,19-7)22-13/h12-13,17H,10-11H2,1-9H3/t12-,13-,15+,16+/m0/s1. The molecule has 1 rings (SSSR count). The Hall–Kier alpha value is -0.0231. The first-order chi connectivity index (χ1) is 10.4. The van der Waals surface area contributed by atoms with Crippen LogP contribution in [0.2, 0.25) is 18.1 Å². The Labute approximate surface area is 141 Å². The van der Waals surface area contributed by atoms with E-state index in [1.165, 1.54) is 7.11 Å². The summed E-state index contributed by atoms with van der Waals surface area (Å²) in [6, 6.07) is 0. The summed E-state index contributed by atoms with van der Waals surface area (Å²) in [4.78, 5) is 0. The molecular weight excluding hydrogens is 316 g/mol. The van der Waals surface area contributed by atoms with Crippen LogP contribution in [0.15, 0.2) is 0 Å². The van der Waals surface area contributed by atoms with Crippen molar-refractivity contribution in [2.75, 3.05) is 27.4 Å². The van der Waals surface area contributed by atoms with Crippen LogP contribution in [0.1, 0.15) is 34.6 Å². The Morgan fingerprint density at radius 3 is 1.78 bits per heavy atom. The van der Waals surface area contributed by atoms with Crippen molar-refractivity contribution in [2.24, 2.45) is 0 Å². The predicted molar refractivity (Wildman–Crippen MR) is 90.8 cm³/mol. The van der Waals surface area contributed by atoms with E-state index in [0.717, 1.165) is 0 Å². The van der Waals surface area contributed by atoms with Gasteiger partial charge >= 0.3 is 0 Å². The lowest BCUT2D eigenvalue weighted by atomic mass is 10.0. The molecule has 1 aliphatic rings. The SMILES string of the molecule is CO[C@]1(C)O[C@@H](CO)[C@H](CO[Si](C)(C)C(C)(C)C)O[C@@]1(C)OC. The summed E-state index contributed by atoms with van der Waals surface area (Å²) in [6.45, 7) is 14.6. The predicted octanol–water partition coefficient (Wildman–Crippen LogP) is 2.51. The van der Waals surface area contributed by atoms with E-state index in [0.29, 0.717) is 6.61 Å². The van der Waals surface area contributed by atoms with E-state index >= 15 is 0 Å². The molecule has 0 radical (unpaired) electrons. The van der Waals surface area contributed by atoms with Crippen molar-refractivity contribution in [3.63, 3.8) is 0 Å². The van der Waals surface area contributed by atoms with Crippen LogP contribution in [-0.4, -0.2) is 64.6 Å². The second-order valence-corrected chi connectivity index (χ2v) is 12.7. The highest BCUT2D eigenvalue weighted by Gasteiger charge is 2.56. The Kier molecular flexibility index (Phi) is 6.46. The van der Waals surface area contributed by atoms with Gasteiger partial charge in [0.15, 0.2) is 8.32 Å². The molecule has 4 atom stereocenters. The van der Waals surface area contributed by atoms with E-state index < -0.39 is 32.1 Å². The molecule has 23 heavy (non-hydrogen) atoms. The van der Waals surface area contributed by atoms with Gasteiger partial charge in [0.2, 0.25) is 11.6 Å². The first-order valence-electron chi connectivity index (χ1n) is 8.06. The van der Waals surface area contributed by atoms with Gasteiger partial charge in [-0.25, -0.2) is 0 Å². The smallest absolute Gasteiger partial charge is 0.220 e. The van der Waals surface area contributed by atoms with Crippen LogP contribution in [-0.2, 0) is 23.4 Å². The molecule has 0 aliphatic carbocycles. The molecule has 0 bridgehead atoms. The van der Waals surface area contributed by atoms with Gasteiger partial charge in [-0.15, -0.1) is 0 Å². The van der Waals surface area contributed by atoms with E-state index in [2.05, 4.69) is 33.9 Å². The van der Waals surface area contributed by atoms with Gasteiger partial charge in [-0.3, -0.25) is 0 Å². The highest BCUT2D eigenvalue weighted by atomic mass is 28.4. The van der Waals surface area contributed by atoms with Crippen LogP contribution in [0.3, 0.4) is 0 Å². The molecular formula is C16H34O6Si. The van der Waals surface area contributed by atoms with Crippen molar-refractivity contribution in [1.82, 2.24) is 0 Å². The number of ether oxygens (including phenoxy) is 4. The number of hydrogen-bond acceptors (Lipinski definition) is 6. The lowest BCUT2D eigenvalue weighted by Crippen LogP contribution is -2.66. The Bertz CT molecular complexity index is 397. The molecule has 0 amide bonds. The molecule has 0 saturated carbocycles. The minimum absolute atomic E-state index is 0.100. The third-order valence-corrected chi connectivity index (χ3v) is 9.87. The summed E-state index contributed by atoms with van der Waals surface area (Å²) in [5.41, 5.74) is 0. The van der Waals surface area contributed by atoms with Crippen LogP contribution in [0.4, 0.5) is 0 Å². The van der Waals surface area contributed by atoms with Crippen molar-refractivity contribution < 1.29 is 28.5 Å². The maximum absolute atomic E-state index is 9.68. The largest absolute Gasteiger partial charge is 0.414 e. The Morgan fingerprint density at radius 2 is 1.43 bits per heavy atom. The molecule has 1 N–H and O–H groups in total. The normalized spacial score (nSPS) is 36.3. The molecule has 6 nitrogen and oxygen atoms in total. The zero-order chi connectivity index (χ0) is 18.1. The van der Waals surface area contributed by atoms with E-state index in [1.54, 1.807) is 21.0 Å². The molecule has 0 aromatic rings. The summed E-state index contributed by atoms with van der Waals surface area (Å²) in [6.07, 6.45) is -0.963. The minimum atomic E-state index is -1.92. The molecule has 0 aromatic heterocycles. The topological polar surface area (TPSA) is 66.4 Å². The number of aliphatic hydroxyl groups is 1. The van der Waals surface area contributed by atoms with E-state index in [1.807, 2.05) is 0 Å². The third-order valence-electron chi connectivity index (χ3n) is 5.37. The van der Waals surface area contributed by atoms with Gasteiger partial charge in [-0.2, -0.15) is 0 Å². The summed E-state index contributed by atoms with van der Waals surface area (Å²) in [5.74, 6) is -2.20. The minimum Gasteiger partial charge on any atom is -0.414 e. The average molecular weight is 351 g/mol. The second-order valence-electron chi connectivity index (χ2n) is 7.87. The zero-order valence-corrected chi connectivity index (χ0v) is 17.1. The van der Waals surface area contributed by atoms with Gasteiger partial charge in [0.25, 0.3) is 0 Å². The molecule has 1 aliphatic heterocycles. The average Bonchev–Trinajstić information content (AvgIpc) is 2.46. The van der Waals surface area contributed by atoms with E-state index in [4.69, 9.17) is 23.4 Å². The van der Waals surface area contributed by atoms with Gasteiger partial charge in [-0.05, 0) is 32.0 Å². The summed E-state index contributed by atoms with van der Waals surface area (Å²) >= 11 is 0. The fourth-order valence-corrected chi connectivity index (χ4v) is 3.23. The molecule has 0 spiro atoms. The number of methoxy groups -OCH3 is 2. The van der Waals surface area contributed by atoms with Crippen molar-refractivity contribution in [1.29, 1.82) is 0 Å². The van der Waals surface area contributed by atoms with Crippen LogP contribution in [0.25, 0.3) is 0 Å². The zero-order valence-electron chi connectivity index (χ0n) is 16.1. The maximum atomic E-state index is 9.68. The number of aliphatic hydroxyl groups excluding tert-OH is 1. The number of hydrogen-bond donors (Lipinski definition) is 1. The third kappa shape index (κ3) is 4.15. The van der Waals surface area contributed by atoms with Crippen LogP contribution in [0.5, 0.6) is 0 Å². The van der Waals surface area contributed by atoms with Gasteiger partial charge in [0.1, 0.15) is 12.2 Å². The van der Waals surface area contributed by atoms with Crippen molar-refractivity contribution in [3.8, 4) is 0 Å². The fourth-order valence-electron chi connectivity index (χ4n) is 2.21. The quantitative estimate of drug-likeness (QED) is 0.743. The lowest BCUT2D eigenvalue weighted by molar-refractivity contribution is -0.451. The van der Waals surface area contributed by atoms with Crippen molar-refractivity contribution in [2.45, 2.75) is 76.5 Å². The van der Waals surface area contributed by atoms with Gasteiger partial charge in [-0.1, -0.05) is 20.8 Å². The monoisotopic (exact) mass is 350 g/mol. The van der Waals surface area contributed by atoms with Crippen molar-refractivity contribution in [3.05, 3.63) is 0 Å². The van der Waals surface area contributed by atoms with Gasteiger partial charge in [0, 0.05) is 14.2 Å². The molecule has 138 valence electrons. The van der Waals surface area contributed by atoms with Crippen LogP contribution < -0.4 is 0 Å².